The van der Waals surface area contributed by atoms with Crippen LogP contribution in [0.4, 0.5) is 34.1 Å². The molecule has 0 bridgehead atoms. The predicted molar refractivity (Wildman–Crippen MR) is 271 cm³/mol. The summed E-state index contributed by atoms with van der Waals surface area (Å²) in [4.78, 5) is 4.72. The molecule has 0 spiro atoms. The lowest BCUT2D eigenvalue weighted by atomic mass is 9.80. The molecule has 10 aromatic rings. The standard InChI is InChI=1S/C62H48N2/c1-61(2)57-37-44(42-24-28-50(29-25-42)63(47-18-8-5-9-19-47)48-20-10-6-11-21-48)27-32-53(57)55-35-45-39-59-56(36-46(45)38-58(55)61)54-33-31-52(40-60(54)62(59,3)4)64(49-22-12-7-13-23-49)51-30-26-41-16-14-15-17-43(41)34-51/h5-40H,1-4H3. The van der Waals surface area contributed by atoms with E-state index in [1.54, 1.807) is 0 Å². The summed E-state index contributed by atoms with van der Waals surface area (Å²) in [5.41, 5.74) is 19.9. The molecule has 0 unspecified atom stereocenters. The van der Waals surface area contributed by atoms with Gasteiger partial charge in [-0.25, -0.2) is 0 Å². The summed E-state index contributed by atoms with van der Waals surface area (Å²) in [7, 11) is 0. The molecule has 0 saturated heterocycles. The van der Waals surface area contributed by atoms with E-state index in [-0.39, 0.29) is 10.8 Å². The van der Waals surface area contributed by atoms with Crippen LogP contribution in [0.5, 0.6) is 0 Å². The van der Waals surface area contributed by atoms with Crippen molar-refractivity contribution in [3.8, 4) is 33.4 Å². The van der Waals surface area contributed by atoms with Crippen molar-refractivity contribution in [1.82, 2.24) is 0 Å². The van der Waals surface area contributed by atoms with Gasteiger partial charge in [0.1, 0.15) is 0 Å². The molecule has 2 aliphatic carbocycles. The maximum absolute atomic E-state index is 2.48. The van der Waals surface area contributed by atoms with Crippen molar-refractivity contribution >= 4 is 55.7 Å². The molecule has 306 valence electrons. The summed E-state index contributed by atoms with van der Waals surface area (Å²) < 4.78 is 0. The minimum atomic E-state index is -0.180. The lowest BCUT2D eigenvalue weighted by Crippen LogP contribution is -2.16. The molecule has 0 radical (unpaired) electrons. The van der Waals surface area contributed by atoms with E-state index < -0.39 is 0 Å². The smallest absolute Gasteiger partial charge is 0.0468 e. The van der Waals surface area contributed by atoms with E-state index >= 15 is 0 Å². The fourth-order valence-electron chi connectivity index (χ4n) is 10.8. The number of hydrogen-bond acceptors (Lipinski definition) is 2. The van der Waals surface area contributed by atoms with Gasteiger partial charge in [-0.1, -0.05) is 143 Å². The van der Waals surface area contributed by atoms with Crippen molar-refractivity contribution < 1.29 is 0 Å². The van der Waals surface area contributed by atoms with E-state index in [9.17, 15) is 0 Å². The number of nitrogens with zero attached hydrogens (tertiary/aromatic N) is 2. The van der Waals surface area contributed by atoms with Crippen LogP contribution in [-0.4, -0.2) is 0 Å². The SMILES string of the molecule is CC1(C)c2cc(-c3ccc(N(c4ccccc4)c4ccccc4)cc3)ccc2-c2cc3cc4c(cc3cc21)-c1ccc(N(c2ccccc2)c2ccc3ccccc3c2)cc1C4(C)C. The van der Waals surface area contributed by atoms with Gasteiger partial charge in [-0.15, -0.1) is 0 Å². The summed E-state index contributed by atoms with van der Waals surface area (Å²) in [6.45, 7) is 9.60. The third kappa shape index (κ3) is 6.01. The summed E-state index contributed by atoms with van der Waals surface area (Å²) in [6, 6.07) is 80.6. The third-order valence-electron chi connectivity index (χ3n) is 14.2. The van der Waals surface area contributed by atoms with Gasteiger partial charge in [0.2, 0.25) is 0 Å². The van der Waals surface area contributed by atoms with E-state index in [4.69, 9.17) is 0 Å². The van der Waals surface area contributed by atoms with Gasteiger partial charge in [0.05, 0.1) is 0 Å². The number of fused-ring (bicyclic) bond motifs is 8. The maximum Gasteiger partial charge on any atom is 0.0468 e. The van der Waals surface area contributed by atoms with Crippen LogP contribution in [0.25, 0.3) is 54.9 Å². The highest BCUT2D eigenvalue weighted by molar-refractivity contribution is 5.99. The minimum Gasteiger partial charge on any atom is -0.311 e. The molecule has 0 aromatic heterocycles. The minimum absolute atomic E-state index is 0.152. The van der Waals surface area contributed by atoms with Crippen LogP contribution in [0.3, 0.4) is 0 Å². The first-order chi connectivity index (χ1) is 31.2. The van der Waals surface area contributed by atoms with Gasteiger partial charge in [-0.2, -0.15) is 0 Å². The van der Waals surface area contributed by atoms with E-state index in [1.165, 1.54) is 82.9 Å². The Morgan fingerprint density at radius 1 is 0.250 bits per heavy atom. The van der Waals surface area contributed by atoms with Gasteiger partial charge < -0.3 is 9.80 Å². The van der Waals surface area contributed by atoms with E-state index in [2.05, 4.69) is 256 Å². The molecule has 12 rings (SSSR count). The first-order valence-corrected chi connectivity index (χ1v) is 22.5. The summed E-state index contributed by atoms with van der Waals surface area (Å²) in [5, 5.41) is 5.08. The van der Waals surface area contributed by atoms with Crippen LogP contribution in [0.2, 0.25) is 0 Å². The van der Waals surface area contributed by atoms with Crippen molar-refractivity contribution in [2.24, 2.45) is 0 Å². The van der Waals surface area contributed by atoms with Crippen molar-refractivity contribution in [2.75, 3.05) is 9.80 Å². The van der Waals surface area contributed by atoms with E-state index in [1.807, 2.05) is 0 Å². The topological polar surface area (TPSA) is 6.48 Å². The Kier molecular flexibility index (Phi) is 8.58. The van der Waals surface area contributed by atoms with Crippen molar-refractivity contribution in [3.05, 3.63) is 241 Å². The Hall–Kier alpha value is -7.68. The van der Waals surface area contributed by atoms with Gasteiger partial charge in [-0.3, -0.25) is 0 Å². The van der Waals surface area contributed by atoms with Gasteiger partial charge >= 0.3 is 0 Å². The molecule has 0 heterocycles. The van der Waals surface area contributed by atoms with Crippen LogP contribution in [0.1, 0.15) is 49.9 Å². The molecular formula is C62H48N2. The predicted octanol–water partition coefficient (Wildman–Crippen LogP) is 17.2. The zero-order chi connectivity index (χ0) is 43.2. The Morgan fingerprint density at radius 2 is 0.641 bits per heavy atom. The molecule has 2 aliphatic rings. The van der Waals surface area contributed by atoms with Crippen molar-refractivity contribution in [1.29, 1.82) is 0 Å². The summed E-state index contributed by atoms with van der Waals surface area (Å²) in [6.07, 6.45) is 0. The second-order valence-corrected chi connectivity index (χ2v) is 18.6. The molecule has 2 nitrogen and oxygen atoms in total. The monoisotopic (exact) mass is 820 g/mol. The Morgan fingerprint density at radius 3 is 1.20 bits per heavy atom. The van der Waals surface area contributed by atoms with Crippen LogP contribution in [-0.2, 0) is 10.8 Å². The second kappa shape index (κ2) is 14.4. The molecule has 0 N–H and O–H groups in total. The lowest BCUT2D eigenvalue weighted by Gasteiger charge is -2.28. The van der Waals surface area contributed by atoms with Gasteiger partial charge in [0, 0.05) is 45.0 Å². The molecule has 0 saturated carbocycles. The molecule has 0 atom stereocenters. The normalized spacial score (nSPS) is 13.9. The highest BCUT2D eigenvalue weighted by Crippen LogP contribution is 2.55. The van der Waals surface area contributed by atoms with Gasteiger partial charge in [0.25, 0.3) is 0 Å². The summed E-state index contributed by atoms with van der Waals surface area (Å²) in [5.74, 6) is 0. The fourth-order valence-corrected chi connectivity index (χ4v) is 10.8. The van der Waals surface area contributed by atoms with Gasteiger partial charge in [0.15, 0.2) is 0 Å². The fraction of sp³-hybridized carbons (Fsp3) is 0.0968. The average Bonchev–Trinajstić information content (AvgIpc) is 3.69. The maximum atomic E-state index is 2.48. The zero-order valence-corrected chi connectivity index (χ0v) is 36.7. The third-order valence-corrected chi connectivity index (χ3v) is 14.2. The summed E-state index contributed by atoms with van der Waals surface area (Å²) >= 11 is 0. The van der Waals surface area contributed by atoms with Gasteiger partial charge in [-0.05, 0) is 180 Å². The first-order valence-electron chi connectivity index (χ1n) is 22.5. The average molecular weight is 821 g/mol. The zero-order valence-electron chi connectivity index (χ0n) is 36.7. The molecule has 10 aromatic carbocycles. The highest BCUT2D eigenvalue weighted by Gasteiger charge is 2.39. The van der Waals surface area contributed by atoms with E-state index in [0.717, 1.165) is 28.4 Å². The van der Waals surface area contributed by atoms with Crippen LogP contribution < -0.4 is 9.80 Å². The quantitative estimate of drug-likeness (QED) is 0.158. The second-order valence-electron chi connectivity index (χ2n) is 18.6. The van der Waals surface area contributed by atoms with Crippen molar-refractivity contribution in [3.63, 3.8) is 0 Å². The van der Waals surface area contributed by atoms with E-state index in [0.29, 0.717) is 0 Å². The molecule has 0 fully saturated rings. The van der Waals surface area contributed by atoms with Crippen LogP contribution in [0.15, 0.2) is 218 Å². The molecule has 64 heavy (non-hydrogen) atoms. The molecule has 2 heteroatoms. The molecule has 0 amide bonds. The number of rotatable bonds is 7. The molecule has 0 aliphatic heterocycles. The first kappa shape index (κ1) is 38.0. The Bertz CT molecular complexity index is 3380. The number of benzene rings is 10. The van der Waals surface area contributed by atoms with Crippen LogP contribution >= 0.6 is 0 Å². The molecular weight excluding hydrogens is 773 g/mol. The lowest BCUT2D eigenvalue weighted by molar-refractivity contribution is 0.660. The number of anilines is 6. The number of hydrogen-bond donors (Lipinski definition) is 0. The largest absolute Gasteiger partial charge is 0.311 e. The van der Waals surface area contributed by atoms with Crippen molar-refractivity contribution in [2.45, 2.75) is 38.5 Å². The Labute approximate surface area is 376 Å². The number of para-hydroxylation sites is 3. The highest BCUT2D eigenvalue weighted by atomic mass is 15.1. The Balaban J connectivity index is 0.894. The van der Waals surface area contributed by atoms with Crippen LogP contribution in [0, 0.1) is 0 Å².